The third-order valence-electron chi connectivity index (χ3n) is 5.52. The fraction of sp³-hybridized carbons (Fsp3) is 0.600. The number of hydrogen-bond donors (Lipinski definition) is 2. The van der Waals surface area contributed by atoms with E-state index < -0.39 is 44.1 Å². The fourth-order valence-corrected chi connectivity index (χ4v) is 3.64. The van der Waals surface area contributed by atoms with Crippen molar-refractivity contribution in [3.63, 3.8) is 0 Å². The van der Waals surface area contributed by atoms with E-state index in [9.17, 15) is 23.5 Å². The first-order chi connectivity index (χ1) is 13.2. The third kappa shape index (κ3) is 6.78. The van der Waals surface area contributed by atoms with E-state index in [2.05, 4.69) is 5.32 Å². The number of carboxylic acids is 1. The van der Waals surface area contributed by atoms with E-state index in [1.54, 1.807) is 6.92 Å². The van der Waals surface area contributed by atoms with Crippen LogP contribution < -0.4 is 5.32 Å². The van der Waals surface area contributed by atoms with Crippen molar-refractivity contribution in [2.24, 2.45) is 0 Å². The molecule has 2 N–H and O–H groups in total. The number of carboxylic acid groups (broad SMARTS) is 1. The lowest BCUT2D eigenvalue weighted by Crippen LogP contribution is -2.49. The molecule has 0 aliphatic carbocycles. The van der Waals surface area contributed by atoms with Crippen LogP contribution in [0.2, 0.25) is 18.1 Å². The lowest BCUT2D eigenvalue weighted by Gasteiger charge is -2.39. The number of hydrogen-bond acceptors (Lipinski definition) is 3. The van der Waals surface area contributed by atoms with Crippen molar-refractivity contribution >= 4 is 20.3 Å². The summed E-state index contributed by atoms with van der Waals surface area (Å²) >= 11 is 0. The predicted molar refractivity (Wildman–Crippen MR) is 110 cm³/mol. The van der Waals surface area contributed by atoms with Gasteiger partial charge in [0.2, 0.25) is 0 Å². The molecule has 0 bridgehead atoms. The third-order valence-corrected chi connectivity index (χ3v) is 10.0. The van der Waals surface area contributed by atoms with Crippen molar-refractivity contribution in [3.05, 3.63) is 35.4 Å². The van der Waals surface area contributed by atoms with Gasteiger partial charge in [0.15, 0.2) is 20.0 Å². The minimum absolute atomic E-state index is 0.0316. The Bertz CT molecular complexity index is 738. The average molecular weight is 431 g/mol. The number of aliphatic carboxylic acids is 1. The summed E-state index contributed by atoms with van der Waals surface area (Å²) in [7, 11) is -0.787. The maximum atomic E-state index is 13.7. The van der Waals surface area contributed by atoms with Crippen molar-refractivity contribution in [3.8, 4) is 0 Å². The Morgan fingerprint density at radius 3 is 2.38 bits per heavy atom. The second-order valence-electron chi connectivity index (χ2n) is 8.77. The summed E-state index contributed by atoms with van der Waals surface area (Å²) in [6, 6.07) is 2.79. The van der Waals surface area contributed by atoms with Gasteiger partial charge in [0.05, 0.1) is 0 Å². The van der Waals surface area contributed by atoms with Crippen LogP contribution in [0.25, 0.3) is 0 Å². The van der Waals surface area contributed by atoms with Gasteiger partial charge in [0, 0.05) is 31.6 Å². The van der Waals surface area contributed by atoms with Gasteiger partial charge in [0.25, 0.3) is 0 Å². The topological polar surface area (TPSA) is 78.9 Å². The van der Waals surface area contributed by atoms with E-state index in [1.165, 1.54) is 24.1 Å². The molecule has 2 amide bonds. The first-order valence-electron chi connectivity index (χ1n) is 9.51. The minimum Gasteiger partial charge on any atom is -0.479 e. The molecular weight excluding hydrogens is 398 g/mol. The summed E-state index contributed by atoms with van der Waals surface area (Å²) in [6.07, 6.45) is -0.929. The number of halogens is 2. The molecule has 0 aliphatic heterocycles. The number of benzene rings is 1. The van der Waals surface area contributed by atoms with Crippen LogP contribution >= 0.6 is 0 Å². The molecule has 0 fully saturated rings. The summed E-state index contributed by atoms with van der Waals surface area (Å²) < 4.78 is 33.0. The van der Waals surface area contributed by atoms with Crippen LogP contribution in [0.5, 0.6) is 0 Å². The second-order valence-corrected chi connectivity index (χ2v) is 13.5. The first-order valence-corrected chi connectivity index (χ1v) is 12.4. The van der Waals surface area contributed by atoms with Crippen LogP contribution in [-0.4, -0.2) is 49.5 Å². The SMILES string of the molecule is CC(CC(O[Si](C)(C)C(C)(C)C)C(=O)O)N(C)C(=O)NCc1cccc(F)c1F. The molecule has 0 saturated carbocycles. The summed E-state index contributed by atoms with van der Waals surface area (Å²) in [5.74, 6) is -3.06. The van der Waals surface area contributed by atoms with E-state index >= 15 is 0 Å². The van der Waals surface area contributed by atoms with Crippen molar-refractivity contribution < 1.29 is 27.9 Å². The zero-order valence-corrected chi connectivity index (χ0v) is 19.2. The normalized spacial score (nSPS) is 14.2. The van der Waals surface area contributed by atoms with E-state index in [0.29, 0.717) is 0 Å². The molecule has 164 valence electrons. The van der Waals surface area contributed by atoms with Crippen LogP contribution in [0, 0.1) is 11.6 Å². The van der Waals surface area contributed by atoms with Gasteiger partial charge >= 0.3 is 12.0 Å². The van der Waals surface area contributed by atoms with Crippen LogP contribution in [0.4, 0.5) is 13.6 Å². The number of carbonyl (C=O) groups is 2. The fourth-order valence-electron chi connectivity index (χ4n) is 2.38. The lowest BCUT2D eigenvalue weighted by molar-refractivity contribution is -0.146. The van der Waals surface area contributed by atoms with Gasteiger partial charge < -0.3 is 19.7 Å². The van der Waals surface area contributed by atoms with Crippen LogP contribution in [-0.2, 0) is 15.8 Å². The maximum absolute atomic E-state index is 13.7. The van der Waals surface area contributed by atoms with Crippen LogP contribution in [0.15, 0.2) is 18.2 Å². The first kappa shape index (κ1) is 25.0. The highest BCUT2D eigenvalue weighted by Crippen LogP contribution is 2.37. The van der Waals surface area contributed by atoms with E-state index in [-0.39, 0.29) is 23.6 Å². The summed E-state index contributed by atoms with van der Waals surface area (Å²) in [4.78, 5) is 25.4. The van der Waals surface area contributed by atoms with Crippen molar-refractivity contribution in [1.29, 1.82) is 0 Å². The quantitative estimate of drug-likeness (QED) is 0.601. The largest absolute Gasteiger partial charge is 0.479 e. The Kier molecular flexibility index (Phi) is 8.34. The Balaban J connectivity index is 2.74. The monoisotopic (exact) mass is 430 g/mol. The average Bonchev–Trinajstić information content (AvgIpc) is 2.60. The van der Waals surface area contributed by atoms with Crippen LogP contribution in [0.3, 0.4) is 0 Å². The molecule has 6 nitrogen and oxygen atoms in total. The molecule has 0 heterocycles. The molecule has 0 spiro atoms. The maximum Gasteiger partial charge on any atom is 0.331 e. The number of amides is 2. The summed E-state index contributed by atoms with van der Waals surface area (Å²) in [5, 5.41) is 12.0. The van der Waals surface area contributed by atoms with E-state index in [4.69, 9.17) is 4.43 Å². The number of nitrogens with one attached hydrogen (secondary N) is 1. The standard InChI is InChI=1S/C20H32F2N2O4Si/c1-13(11-16(18(25)26)28-29(6,7)20(2,3)4)24(5)19(27)23-12-14-9-8-10-15(21)17(14)22/h8-10,13,16H,11-12H2,1-7H3,(H,23,27)(H,25,26). The van der Waals surface area contributed by atoms with Gasteiger partial charge in [-0.05, 0) is 31.1 Å². The number of urea groups is 1. The van der Waals surface area contributed by atoms with Crippen molar-refractivity contribution in [2.75, 3.05) is 7.05 Å². The molecule has 1 aromatic rings. The lowest BCUT2D eigenvalue weighted by atomic mass is 10.1. The molecule has 9 heteroatoms. The van der Waals surface area contributed by atoms with Gasteiger partial charge in [0.1, 0.15) is 6.10 Å². The Labute approximate surface area is 172 Å². The minimum atomic E-state index is -2.31. The molecule has 2 atom stereocenters. The van der Waals surface area contributed by atoms with E-state index in [1.807, 2.05) is 33.9 Å². The van der Waals surface area contributed by atoms with Crippen molar-refractivity contribution in [2.45, 2.75) is 70.9 Å². The Hall–Kier alpha value is -2.00. The summed E-state index contributed by atoms with van der Waals surface area (Å²) in [6.45, 7) is 11.5. The molecule has 2 unspecified atom stereocenters. The highest BCUT2D eigenvalue weighted by molar-refractivity contribution is 6.74. The zero-order chi connectivity index (χ0) is 22.6. The molecule has 29 heavy (non-hydrogen) atoms. The smallest absolute Gasteiger partial charge is 0.331 e. The molecular formula is C20H32F2N2O4Si. The highest BCUT2D eigenvalue weighted by atomic mass is 28.4. The Morgan fingerprint density at radius 1 is 1.28 bits per heavy atom. The molecule has 0 aromatic heterocycles. The van der Waals surface area contributed by atoms with E-state index in [0.717, 1.165) is 6.07 Å². The number of nitrogens with zero attached hydrogens (tertiary/aromatic N) is 1. The van der Waals surface area contributed by atoms with Gasteiger partial charge in [-0.2, -0.15) is 0 Å². The zero-order valence-electron chi connectivity index (χ0n) is 18.2. The molecule has 0 saturated heterocycles. The molecule has 1 rings (SSSR count). The number of rotatable bonds is 8. The second kappa shape index (κ2) is 9.66. The molecule has 0 aliphatic rings. The number of carbonyl (C=O) groups excluding carboxylic acids is 1. The highest BCUT2D eigenvalue weighted by Gasteiger charge is 2.41. The predicted octanol–water partition coefficient (Wildman–Crippen LogP) is 4.36. The van der Waals surface area contributed by atoms with Gasteiger partial charge in [-0.15, -0.1) is 0 Å². The van der Waals surface area contributed by atoms with Crippen LogP contribution in [0.1, 0.15) is 39.7 Å². The van der Waals surface area contributed by atoms with Gasteiger partial charge in [-0.1, -0.05) is 32.9 Å². The molecule has 0 radical (unpaired) electrons. The van der Waals surface area contributed by atoms with Gasteiger partial charge in [-0.25, -0.2) is 18.4 Å². The van der Waals surface area contributed by atoms with Crippen molar-refractivity contribution in [1.82, 2.24) is 10.2 Å². The molecule has 1 aromatic carbocycles. The Morgan fingerprint density at radius 2 is 1.86 bits per heavy atom. The van der Waals surface area contributed by atoms with Gasteiger partial charge in [-0.3, -0.25) is 0 Å². The summed E-state index contributed by atoms with van der Waals surface area (Å²) in [5.41, 5.74) is 0.0316.